The smallest absolute Gasteiger partial charge is 0.410 e. The summed E-state index contributed by atoms with van der Waals surface area (Å²) >= 11 is 0. The van der Waals surface area contributed by atoms with Gasteiger partial charge in [0.15, 0.2) is 0 Å². The molecule has 1 aromatic carbocycles. The summed E-state index contributed by atoms with van der Waals surface area (Å²) < 4.78 is 5.06. The third-order valence-corrected chi connectivity index (χ3v) is 4.80. The number of fused-ring (bicyclic) bond motifs is 2. The number of carbonyl (C=O) groups excluding carboxylic acids is 2. The van der Waals surface area contributed by atoms with Crippen LogP contribution in [-0.2, 0) is 4.74 Å². The number of amides is 2. The second-order valence-electron chi connectivity index (χ2n) is 6.49. The molecule has 0 bridgehead atoms. The fourth-order valence-electron chi connectivity index (χ4n) is 3.56. The lowest BCUT2D eigenvalue weighted by atomic mass is 10.0. The highest BCUT2D eigenvalue weighted by Crippen LogP contribution is 2.22. The van der Waals surface area contributed by atoms with Crippen molar-refractivity contribution < 1.29 is 14.3 Å². The minimum Gasteiger partial charge on any atom is -0.447 e. The number of hydrogen-bond donors (Lipinski definition) is 0. The second-order valence-corrected chi connectivity index (χ2v) is 6.49. The number of piperazine rings is 1. The third-order valence-electron chi connectivity index (χ3n) is 4.80. The molecule has 24 heavy (non-hydrogen) atoms. The Morgan fingerprint density at radius 3 is 2.92 bits per heavy atom. The molecule has 3 heterocycles. The molecule has 1 atom stereocenters. The average Bonchev–Trinajstić information content (AvgIpc) is 2.94. The Kier molecular flexibility index (Phi) is 3.40. The van der Waals surface area contributed by atoms with Gasteiger partial charge in [-0.3, -0.25) is 14.7 Å². The van der Waals surface area contributed by atoms with Gasteiger partial charge in [0.25, 0.3) is 5.91 Å². The quantitative estimate of drug-likeness (QED) is 0.806. The van der Waals surface area contributed by atoms with E-state index in [1.165, 1.54) is 0 Å². The van der Waals surface area contributed by atoms with Gasteiger partial charge in [-0.1, -0.05) is 6.07 Å². The zero-order valence-electron chi connectivity index (χ0n) is 13.8. The molecule has 2 amide bonds. The lowest BCUT2D eigenvalue weighted by Gasteiger charge is -2.35. The standard InChI is InChI=1S/C18H19N3O3/c1-11-7-12(2)19-16-8-13(3-4-15(11)16)17(22)20-5-6-21-14(9-20)10-24-18(21)23/h3-4,7-8,14H,5-6,9-10H2,1-2H3. The van der Waals surface area contributed by atoms with Gasteiger partial charge in [-0.15, -0.1) is 0 Å². The molecular weight excluding hydrogens is 306 g/mol. The summed E-state index contributed by atoms with van der Waals surface area (Å²) in [5.41, 5.74) is 3.58. The highest BCUT2D eigenvalue weighted by molar-refractivity contribution is 5.98. The van der Waals surface area contributed by atoms with Crippen molar-refractivity contribution in [2.24, 2.45) is 0 Å². The number of benzene rings is 1. The van der Waals surface area contributed by atoms with Gasteiger partial charge >= 0.3 is 6.09 Å². The van der Waals surface area contributed by atoms with Crippen LogP contribution >= 0.6 is 0 Å². The van der Waals surface area contributed by atoms with E-state index in [1.807, 2.05) is 31.2 Å². The lowest BCUT2D eigenvalue weighted by Crippen LogP contribution is -2.53. The number of nitrogens with zero attached hydrogens (tertiary/aromatic N) is 3. The minimum atomic E-state index is -0.270. The summed E-state index contributed by atoms with van der Waals surface area (Å²) in [5, 5.41) is 1.07. The summed E-state index contributed by atoms with van der Waals surface area (Å²) in [6.45, 7) is 5.94. The van der Waals surface area contributed by atoms with Gasteiger partial charge < -0.3 is 9.64 Å². The van der Waals surface area contributed by atoms with Crippen LogP contribution in [0.2, 0.25) is 0 Å². The summed E-state index contributed by atoms with van der Waals surface area (Å²) in [6, 6.07) is 7.69. The first-order valence-electron chi connectivity index (χ1n) is 8.13. The zero-order valence-corrected chi connectivity index (χ0v) is 13.8. The first-order chi connectivity index (χ1) is 11.5. The molecule has 1 unspecified atom stereocenters. The number of cyclic esters (lactones) is 1. The Bertz CT molecular complexity index is 849. The fourth-order valence-corrected chi connectivity index (χ4v) is 3.56. The van der Waals surface area contributed by atoms with Gasteiger partial charge in [-0.2, -0.15) is 0 Å². The van der Waals surface area contributed by atoms with Crippen molar-refractivity contribution in [1.82, 2.24) is 14.8 Å². The molecule has 1 aromatic heterocycles. The van der Waals surface area contributed by atoms with Crippen molar-refractivity contribution in [2.75, 3.05) is 26.2 Å². The molecule has 0 radical (unpaired) electrons. The Labute approximate surface area is 140 Å². The van der Waals surface area contributed by atoms with Crippen molar-refractivity contribution >= 4 is 22.9 Å². The molecule has 2 saturated heterocycles. The molecule has 6 heteroatoms. The maximum absolute atomic E-state index is 12.8. The van der Waals surface area contributed by atoms with Crippen LogP contribution in [0.25, 0.3) is 10.9 Å². The molecule has 4 rings (SSSR count). The summed E-state index contributed by atoms with van der Waals surface area (Å²) in [4.78, 5) is 32.4. The SMILES string of the molecule is Cc1cc(C)c2ccc(C(=O)N3CCN4C(=O)OCC4C3)cc2n1. The molecule has 2 aliphatic rings. The molecule has 0 aliphatic carbocycles. The highest BCUT2D eigenvalue weighted by Gasteiger charge is 2.38. The Morgan fingerprint density at radius 2 is 2.08 bits per heavy atom. The van der Waals surface area contributed by atoms with E-state index in [9.17, 15) is 9.59 Å². The van der Waals surface area contributed by atoms with Crippen LogP contribution in [0.4, 0.5) is 4.79 Å². The maximum Gasteiger partial charge on any atom is 0.410 e. The molecule has 0 N–H and O–H groups in total. The fraction of sp³-hybridized carbons (Fsp3) is 0.389. The first-order valence-corrected chi connectivity index (χ1v) is 8.13. The van der Waals surface area contributed by atoms with Gasteiger partial charge in [-0.05, 0) is 37.6 Å². The van der Waals surface area contributed by atoms with Crippen LogP contribution < -0.4 is 0 Å². The molecule has 0 saturated carbocycles. The van der Waals surface area contributed by atoms with E-state index in [2.05, 4.69) is 11.9 Å². The lowest BCUT2D eigenvalue weighted by molar-refractivity contribution is 0.0617. The monoisotopic (exact) mass is 325 g/mol. The van der Waals surface area contributed by atoms with E-state index >= 15 is 0 Å². The number of hydrogen-bond acceptors (Lipinski definition) is 4. The Morgan fingerprint density at radius 1 is 1.25 bits per heavy atom. The van der Waals surface area contributed by atoms with Gasteiger partial charge in [0, 0.05) is 36.3 Å². The predicted molar refractivity (Wildman–Crippen MR) is 89.0 cm³/mol. The van der Waals surface area contributed by atoms with Crippen LogP contribution in [0, 0.1) is 13.8 Å². The summed E-state index contributed by atoms with van der Waals surface area (Å²) in [6.07, 6.45) is -0.270. The van der Waals surface area contributed by atoms with Crippen molar-refractivity contribution in [2.45, 2.75) is 19.9 Å². The van der Waals surface area contributed by atoms with Gasteiger partial charge in [0.05, 0.1) is 11.6 Å². The van der Waals surface area contributed by atoms with E-state index < -0.39 is 0 Å². The van der Waals surface area contributed by atoms with Crippen LogP contribution in [0.1, 0.15) is 21.6 Å². The zero-order chi connectivity index (χ0) is 16.8. The second kappa shape index (κ2) is 5.47. The number of aromatic nitrogens is 1. The molecule has 0 spiro atoms. The molecule has 2 aliphatic heterocycles. The highest BCUT2D eigenvalue weighted by atomic mass is 16.6. The van der Waals surface area contributed by atoms with Crippen molar-refractivity contribution in [1.29, 1.82) is 0 Å². The van der Waals surface area contributed by atoms with E-state index in [0.29, 0.717) is 31.8 Å². The number of rotatable bonds is 1. The first kappa shape index (κ1) is 14.9. The average molecular weight is 325 g/mol. The maximum atomic E-state index is 12.8. The molecule has 124 valence electrons. The largest absolute Gasteiger partial charge is 0.447 e. The predicted octanol–water partition coefficient (Wildman–Crippen LogP) is 2.13. The normalized spacial score (nSPS) is 20.2. The molecule has 2 fully saturated rings. The van der Waals surface area contributed by atoms with Crippen molar-refractivity contribution in [3.63, 3.8) is 0 Å². The summed E-state index contributed by atoms with van der Waals surface area (Å²) in [7, 11) is 0. The van der Waals surface area contributed by atoms with Gasteiger partial charge in [0.1, 0.15) is 6.61 Å². The Hall–Kier alpha value is -2.63. The van der Waals surface area contributed by atoms with Crippen LogP contribution in [-0.4, -0.2) is 59.1 Å². The molecule has 6 nitrogen and oxygen atoms in total. The Balaban J connectivity index is 1.60. The van der Waals surface area contributed by atoms with Crippen LogP contribution in [0.5, 0.6) is 0 Å². The van der Waals surface area contributed by atoms with E-state index in [0.717, 1.165) is 22.2 Å². The van der Waals surface area contributed by atoms with Gasteiger partial charge in [-0.25, -0.2) is 4.79 Å². The van der Waals surface area contributed by atoms with E-state index in [1.54, 1.807) is 9.80 Å². The number of aryl methyl sites for hydroxylation is 2. The van der Waals surface area contributed by atoms with Crippen molar-refractivity contribution in [3.8, 4) is 0 Å². The number of pyridine rings is 1. The molecular formula is C18H19N3O3. The van der Waals surface area contributed by atoms with Crippen LogP contribution in [0.3, 0.4) is 0 Å². The topological polar surface area (TPSA) is 62.7 Å². The van der Waals surface area contributed by atoms with Crippen LogP contribution in [0.15, 0.2) is 24.3 Å². The summed E-state index contributed by atoms with van der Waals surface area (Å²) in [5.74, 6) is -0.0168. The van der Waals surface area contributed by atoms with E-state index in [-0.39, 0.29) is 18.0 Å². The van der Waals surface area contributed by atoms with E-state index in [4.69, 9.17) is 4.74 Å². The van der Waals surface area contributed by atoms with Gasteiger partial charge in [0.2, 0.25) is 0 Å². The third kappa shape index (κ3) is 2.38. The molecule has 2 aromatic rings. The number of carbonyl (C=O) groups is 2. The van der Waals surface area contributed by atoms with Crippen molar-refractivity contribution in [3.05, 3.63) is 41.1 Å². The minimum absolute atomic E-state index is 0.0168. The number of ether oxygens (including phenoxy) is 1.